The molecule has 1 aliphatic carbocycles. The SMILES string of the molecule is CCNC(=NCC(C)c1cccs1)NCC1CC1. The third kappa shape index (κ3) is 4.33. The summed E-state index contributed by atoms with van der Waals surface area (Å²) in [6, 6.07) is 4.30. The van der Waals surface area contributed by atoms with E-state index in [-0.39, 0.29) is 0 Å². The maximum atomic E-state index is 4.67. The number of nitrogens with zero attached hydrogens (tertiary/aromatic N) is 1. The second kappa shape index (κ2) is 6.78. The molecule has 1 fully saturated rings. The number of guanidine groups is 1. The van der Waals surface area contributed by atoms with Gasteiger partial charge in [-0.2, -0.15) is 0 Å². The molecule has 1 aromatic heterocycles. The van der Waals surface area contributed by atoms with Gasteiger partial charge in [0.1, 0.15) is 0 Å². The fourth-order valence-corrected chi connectivity index (χ4v) is 2.57. The van der Waals surface area contributed by atoms with Crippen LogP contribution < -0.4 is 10.6 Å². The minimum absolute atomic E-state index is 0.501. The summed E-state index contributed by atoms with van der Waals surface area (Å²) < 4.78 is 0. The summed E-state index contributed by atoms with van der Waals surface area (Å²) in [5.74, 6) is 2.35. The Morgan fingerprint density at radius 2 is 2.33 bits per heavy atom. The van der Waals surface area contributed by atoms with Crippen molar-refractivity contribution in [2.24, 2.45) is 10.9 Å². The zero-order valence-electron chi connectivity index (χ0n) is 11.3. The van der Waals surface area contributed by atoms with Gasteiger partial charge in [-0.1, -0.05) is 13.0 Å². The maximum Gasteiger partial charge on any atom is 0.191 e. The average Bonchev–Trinajstić information content (AvgIpc) is 3.04. The summed E-state index contributed by atoms with van der Waals surface area (Å²) in [6.45, 7) is 7.18. The molecule has 1 unspecified atom stereocenters. The van der Waals surface area contributed by atoms with E-state index >= 15 is 0 Å². The molecule has 4 heteroatoms. The maximum absolute atomic E-state index is 4.67. The Morgan fingerprint density at radius 3 is 2.94 bits per heavy atom. The molecule has 0 amide bonds. The van der Waals surface area contributed by atoms with E-state index in [2.05, 4.69) is 47.0 Å². The van der Waals surface area contributed by atoms with E-state index in [4.69, 9.17) is 0 Å². The first-order valence-corrected chi connectivity index (χ1v) is 7.73. The van der Waals surface area contributed by atoms with Gasteiger partial charge in [0.2, 0.25) is 0 Å². The monoisotopic (exact) mass is 265 g/mol. The molecule has 1 heterocycles. The van der Waals surface area contributed by atoms with Crippen LogP contribution in [-0.4, -0.2) is 25.6 Å². The van der Waals surface area contributed by atoms with E-state index in [0.717, 1.165) is 31.5 Å². The van der Waals surface area contributed by atoms with Crippen LogP contribution in [-0.2, 0) is 0 Å². The largest absolute Gasteiger partial charge is 0.357 e. The average molecular weight is 265 g/mol. The Bertz CT molecular complexity index is 368. The van der Waals surface area contributed by atoms with Crippen LogP contribution in [0.4, 0.5) is 0 Å². The highest BCUT2D eigenvalue weighted by Gasteiger charge is 2.21. The summed E-state index contributed by atoms with van der Waals surface area (Å²) in [5, 5.41) is 8.87. The number of rotatable bonds is 6. The van der Waals surface area contributed by atoms with Gasteiger partial charge in [-0.25, -0.2) is 0 Å². The number of hydrogen-bond acceptors (Lipinski definition) is 2. The summed E-state index contributed by atoms with van der Waals surface area (Å²) >= 11 is 1.81. The van der Waals surface area contributed by atoms with Crippen molar-refractivity contribution in [2.75, 3.05) is 19.6 Å². The Kier molecular flexibility index (Phi) is 5.05. The lowest BCUT2D eigenvalue weighted by molar-refractivity contribution is 0.724. The normalized spacial score (nSPS) is 17.6. The lowest BCUT2D eigenvalue weighted by Crippen LogP contribution is -2.38. The quantitative estimate of drug-likeness (QED) is 0.613. The third-order valence-corrected chi connectivity index (χ3v) is 4.26. The van der Waals surface area contributed by atoms with Gasteiger partial charge in [-0.3, -0.25) is 4.99 Å². The van der Waals surface area contributed by atoms with E-state index in [1.807, 2.05) is 11.3 Å². The summed E-state index contributed by atoms with van der Waals surface area (Å²) in [4.78, 5) is 6.08. The first-order chi connectivity index (χ1) is 8.79. The summed E-state index contributed by atoms with van der Waals surface area (Å²) in [7, 11) is 0. The highest BCUT2D eigenvalue weighted by Crippen LogP contribution is 2.27. The van der Waals surface area contributed by atoms with Gasteiger partial charge >= 0.3 is 0 Å². The predicted octanol–water partition coefficient (Wildman–Crippen LogP) is 2.82. The van der Waals surface area contributed by atoms with Gasteiger partial charge in [0.15, 0.2) is 5.96 Å². The highest BCUT2D eigenvalue weighted by atomic mass is 32.1. The van der Waals surface area contributed by atoms with E-state index in [1.165, 1.54) is 17.7 Å². The molecule has 0 bridgehead atoms. The molecule has 3 nitrogen and oxygen atoms in total. The van der Waals surface area contributed by atoms with Crippen LogP contribution in [0.1, 0.15) is 37.5 Å². The number of aliphatic imine (C=N–C) groups is 1. The van der Waals surface area contributed by atoms with Crippen molar-refractivity contribution in [3.05, 3.63) is 22.4 Å². The Morgan fingerprint density at radius 1 is 1.50 bits per heavy atom. The first-order valence-electron chi connectivity index (χ1n) is 6.85. The van der Waals surface area contributed by atoms with Gasteiger partial charge in [-0.05, 0) is 37.1 Å². The fraction of sp³-hybridized carbons (Fsp3) is 0.643. The van der Waals surface area contributed by atoms with Gasteiger partial charge < -0.3 is 10.6 Å². The van der Waals surface area contributed by atoms with E-state index in [9.17, 15) is 0 Å². The zero-order valence-corrected chi connectivity index (χ0v) is 12.1. The molecule has 1 aromatic rings. The Hall–Kier alpha value is -1.03. The van der Waals surface area contributed by atoms with Crippen LogP contribution in [0, 0.1) is 5.92 Å². The second-order valence-electron chi connectivity index (χ2n) is 4.96. The highest BCUT2D eigenvalue weighted by molar-refractivity contribution is 7.10. The minimum Gasteiger partial charge on any atom is -0.357 e. The number of thiophene rings is 1. The second-order valence-corrected chi connectivity index (χ2v) is 5.94. The molecule has 18 heavy (non-hydrogen) atoms. The van der Waals surface area contributed by atoms with Crippen molar-refractivity contribution < 1.29 is 0 Å². The van der Waals surface area contributed by atoms with Crippen LogP contribution >= 0.6 is 11.3 Å². The van der Waals surface area contributed by atoms with Crippen molar-refractivity contribution in [1.29, 1.82) is 0 Å². The number of nitrogens with one attached hydrogen (secondary N) is 2. The number of hydrogen-bond donors (Lipinski definition) is 2. The van der Waals surface area contributed by atoms with E-state index < -0.39 is 0 Å². The smallest absolute Gasteiger partial charge is 0.191 e. The first kappa shape index (κ1) is 13.4. The third-order valence-electron chi connectivity index (χ3n) is 3.15. The zero-order chi connectivity index (χ0) is 12.8. The topological polar surface area (TPSA) is 36.4 Å². The lowest BCUT2D eigenvalue weighted by atomic mass is 10.1. The molecule has 0 saturated heterocycles. The molecule has 0 spiro atoms. The van der Waals surface area contributed by atoms with Crippen LogP contribution in [0.25, 0.3) is 0 Å². The molecule has 100 valence electrons. The van der Waals surface area contributed by atoms with Gasteiger partial charge in [0.25, 0.3) is 0 Å². The van der Waals surface area contributed by atoms with E-state index in [0.29, 0.717) is 5.92 Å². The Balaban J connectivity index is 1.81. The van der Waals surface area contributed by atoms with Crippen LogP contribution in [0.5, 0.6) is 0 Å². The van der Waals surface area contributed by atoms with Crippen LogP contribution in [0.2, 0.25) is 0 Å². The molecular formula is C14H23N3S. The molecule has 0 aliphatic heterocycles. The van der Waals surface area contributed by atoms with Gasteiger partial charge in [0, 0.05) is 23.9 Å². The lowest BCUT2D eigenvalue weighted by Gasteiger charge is -2.12. The molecule has 1 aliphatic rings. The van der Waals surface area contributed by atoms with Crippen molar-refractivity contribution >= 4 is 17.3 Å². The van der Waals surface area contributed by atoms with Gasteiger partial charge in [0.05, 0.1) is 6.54 Å². The minimum atomic E-state index is 0.501. The molecule has 1 atom stereocenters. The fourth-order valence-electron chi connectivity index (χ4n) is 1.79. The molecule has 2 rings (SSSR count). The summed E-state index contributed by atoms with van der Waals surface area (Å²) in [5.41, 5.74) is 0. The molecule has 0 aromatic carbocycles. The Labute approximate surface area is 114 Å². The molecule has 0 radical (unpaired) electrons. The van der Waals surface area contributed by atoms with Crippen LogP contribution in [0.3, 0.4) is 0 Å². The van der Waals surface area contributed by atoms with Gasteiger partial charge in [-0.15, -0.1) is 11.3 Å². The van der Waals surface area contributed by atoms with Crippen molar-refractivity contribution in [2.45, 2.75) is 32.6 Å². The molecule has 1 saturated carbocycles. The molecule has 2 N–H and O–H groups in total. The van der Waals surface area contributed by atoms with E-state index in [1.54, 1.807) is 0 Å². The predicted molar refractivity (Wildman–Crippen MR) is 79.4 cm³/mol. The summed E-state index contributed by atoms with van der Waals surface area (Å²) in [6.07, 6.45) is 2.75. The van der Waals surface area contributed by atoms with Crippen molar-refractivity contribution in [1.82, 2.24) is 10.6 Å². The molecular weight excluding hydrogens is 242 g/mol. The van der Waals surface area contributed by atoms with Crippen molar-refractivity contribution in [3.8, 4) is 0 Å². The van der Waals surface area contributed by atoms with Crippen molar-refractivity contribution in [3.63, 3.8) is 0 Å². The van der Waals surface area contributed by atoms with Crippen LogP contribution in [0.15, 0.2) is 22.5 Å². The standard InChI is InChI=1S/C14H23N3S/c1-3-15-14(17-10-12-6-7-12)16-9-11(2)13-5-4-8-18-13/h4-5,8,11-12H,3,6-7,9-10H2,1-2H3,(H2,15,16,17).